The summed E-state index contributed by atoms with van der Waals surface area (Å²) >= 11 is 0. The minimum atomic E-state index is -0.0191. The van der Waals surface area contributed by atoms with Gasteiger partial charge in [-0.05, 0) is 31.4 Å². The quantitative estimate of drug-likeness (QED) is 0.875. The average Bonchev–Trinajstić information content (AvgIpc) is 2.57. The summed E-state index contributed by atoms with van der Waals surface area (Å²) in [6, 6.07) is 3.89. The van der Waals surface area contributed by atoms with Gasteiger partial charge in [-0.25, -0.2) is 4.98 Å². The zero-order valence-electron chi connectivity index (χ0n) is 13.3. The van der Waals surface area contributed by atoms with Gasteiger partial charge in [0.1, 0.15) is 5.82 Å². The molecule has 1 amide bonds. The lowest BCUT2D eigenvalue weighted by atomic mass is 10.1. The van der Waals surface area contributed by atoms with Gasteiger partial charge in [-0.2, -0.15) is 0 Å². The maximum Gasteiger partial charge on any atom is 0.228 e. The van der Waals surface area contributed by atoms with Crippen molar-refractivity contribution in [1.82, 2.24) is 10.3 Å². The zero-order chi connectivity index (χ0) is 15.2. The predicted octanol–water partition coefficient (Wildman–Crippen LogP) is 1.81. The topological polar surface area (TPSA) is 66.5 Å². The van der Waals surface area contributed by atoms with Crippen LogP contribution in [0, 0.1) is 0 Å². The van der Waals surface area contributed by atoms with Crippen LogP contribution >= 0.6 is 12.4 Å². The molecule has 1 unspecified atom stereocenters. The molecular weight excluding hydrogens is 316 g/mol. The summed E-state index contributed by atoms with van der Waals surface area (Å²) in [5.41, 5.74) is 1.11. The molecular formula is C16H25ClN4O2. The number of nitrogens with zero attached hydrogens (tertiary/aromatic N) is 2. The van der Waals surface area contributed by atoms with Gasteiger partial charge in [-0.3, -0.25) is 4.79 Å². The first-order valence-electron chi connectivity index (χ1n) is 8.14. The molecule has 2 N–H and O–H groups in total. The number of nitrogens with one attached hydrogen (secondary N) is 2. The van der Waals surface area contributed by atoms with E-state index in [4.69, 9.17) is 4.74 Å². The number of pyridine rings is 1. The number of halogens is 1. The largest absolute Gasteiger partial charge is 0.378 e. The first-order valence-corrected chi connectivity index (χ1v) is 8.14. The number of hydrogen-bond donors (Lipinski definition) is 2. The average molecular weight is 341 g/mol. The molecule has 0 spiro atoms. The van der Waals surface area contributed by atoms with E-state index in [1.165, 1.54) is 0 Å². The highest BCUT2D eigenvalue weighted by Gasteiger charge is 2.18. The summed E-state index contributed by atoms with van der Waals surface area (Å²) in [4.78, 5) is 18.7. The van der Waals surface area contributed by atoms with Crippen LogP contribution in [0.4, 0.5) is 11.5 Å². The molecule has 1 aromatic rings. The van der Waals surface area contributed by atoms with Crippen LogP contribution in [0.5, 0.6) is 0 Å². The van der Waals surface area contributed by atoms with Crippen molar-refractivity contribution >= 4 is 29.8 Å². The maximum absolute atomic E-state index is 12.0. The van der Waals surface area contributed by atoms with Gasteiger partial charge in [0.25, 0.3) is 0 Å². The van der Waals surface area contributed by atoms with E-state index in [9.17, 15) is 4.79 Å². The van der Waals surface area contributed by atoms with Crippen LogP contribution in [0.1, 0.15) is 25.7 Å². The van der Waals surface area contributed by atoms with Crippen LogP contribution in [0.3, 0.4) is 0 Å². The Balaban J connectivity index is 0.00000192. The Bertz CT molecular complexity index is 485. The van der Waals surface area contributed by atoms with Gasteiger partial charge in [-0.1, -0.05) is 0 Å². The van der Waals surface area contributed by atoms with Crippen molar-refractivity contribution < 1.29 is 9.53 Å². The van der Waals surface area contributed by atoms with Crippen molar-refractivity contribution in [1.29, 1.82) is 0 Å². The molecule has 0 bridgehead atoms. The Morgan fingerprint density at radius 3 is 2.83 bits per heavy atom. The molecule has 6 nitrogen and oxygen atoms in total. The third-order valence-corrected chi connectivity index (χ3v) is 4.18. The fourth-order valence-corrected chi connectivity index (χ4v) is 2.94. The lowest BCUT2D eigenvalue weighted by Crippen LogP contribution is -2.43. The van der Waals surface area contributed by atoms with Crippen LogP contribution in [0.25, 0.3) is 0 Å². The molecule has 23 heavy (non-hydrogen) atoms. The highest BCUT2D eigenvalue weighted by Crippen LogP contribution is 2.18. The third kappa shape index (κ3) is 5.34. The Morgan fingerprint density at radius 1 is 1.35 bits per heavy atom. The lowest BCUT2D eigenvalue weighted by Gasteiger charge is -2.29. The molecule has 3 rings (SSSR count). The number of piperazine rings is 1. The second kappa shape index (κ2) is 9.05. The van der Waals surface area contributed by atoms with Crippen LogP contribution in [-0.2, 0) is 9.53 Å². The van der Waals surface area contributed by atoms with Gasteiger partial charge in [0.05, 0.1) is 24.4 Å². The van der Waals surface area contributed by atoms with Crippen molar-refractivity contribution in [2.75, 3.05) is 43.0 Å². The highest BCUT2D eigenvalue weighted by atomic mass is 35.5. The molecule has 1 atom stereocenters. The number of rotatable bonds is 4. The van der Waals surface area contributed by atoms with Gasteiger partial charge in [0.15, 0.2) is 0 Å². The Hall–Kier alpha value is -1.37. The summed E-state index contributed by atoms with van der Waals surface area (Å²) in [5, 5.41) is 6.19. The third-order valence-electron chi connectivity index (χ3n) is 4.18. The van der Waals surface area contributed by atoms with Crippen molar-refractivity contribution in [3.8, 4) is 0 Å². The van der Waals surface area contributed by atoms with E-state index in [0.29, 0.717) is 12.2 Å². The molecule has 0 aliphatic carbocycles. The normalized spacial score (nSPS) is 21.4. The molecule has 7 heteroatoms. The Morgan fingerprint density at radius 2 is 2.17 bits per heavy atom. The molecule has 0 saturated carbocycles. The smallest absolute Gasteiger partial charge is 0.228 e. The first-order chi connectivity index (χ1) is 10.8. The fraction of sp³-hybridized carbons (Fsp3) is 0.625. The number of hydrogen-bond acceptors (Lipinski definition) is 5. The van der Waals surface area contributed by atoms with Crippen LogP contribution < -0.4 is 15.5 Å². The minimum Gasteiger partial charge on any atom is -0.378 e. The standard InChI is InChI=1S/C16H24N4O2.ClH/c21-16(11-14-3-1-2-10-22-14)19-15-5-4-13(12-18-15)20-8-6-17-7-9-20;/h4-5,12,14,17H,1-3,6-11H2,(H,18,19,21);1H. The van der Waals surface area contributed by atoms with Gasteiger partial charge >= 0.3 is 0 Å². The number of carbonyl (C=O) groups is 1. The molecule has 2 aliphatic heterocycles. The van der Waals surface area contributed by atoms with Crippen molar-refractivity contribution in [2.45, 2.75) is 31.8 Å². The van der Waals surface area contributed by atoms with E-state index in [-0.39, 0.29) is 24.4 Å². The molecule has 0 aromatic carbocycles. The highest BCUT2D eigenvalue weighted by molar-refractivity contribution is 5.90. The van der Waals surface area contributed by atoms with Gasteiger partial charge < -0.3 is 20.3 Å². The number of anilines is 2. The maximum atomic E-state index is 12.0. The molecule has 2 saturated heterocycles. The van der Waals surface area contributed by atoms with Crippen LogP contribution in [0.15, 0.2) is 18.3 Å². The summed E-state index contributed by atoms with van der Waals surface area (Å²) in [6.45, 7) is 4.76. The summed E-state index contributed by atoms with van der Waals surface area (Å²) in [5.74, 6) is 0.592. The van der Waals surface area contributed by atoms with Crippen LogP contribution in [-0.4, -0.2) is 49.8 Å². The molecule has 0 radical (unpaired) electrons. The van der Waals surface area contributed by atoms with E-state index < -0.39 is 0 Å². The van der Waals surface area contributed by atoms with Gasteiger partial charge in [-0.15, -0.1) is 12.4 Å². The molecule has 3 heterocycles. The molecule has 2 aliphatic rings. The van der Waals surface area contributed by atoms with Crippen molar-refractivity contribution in [2.24, 2.45) is 0 Å². The fourth-order valence-electron chi connectivity index (χ4n) is 2.94. The predicted molar refractivity (Wildman–Crippen MR) is 93.4 cm³/mol. The van der Waals surface area contributed by atoms with E-state index in [1.54, 1.807) is 0 Å². The summed E-state index contributed by atoms with van der Waals surface area (Å²) in [6.07, 6.45) is 5.54. The van der Waals surface area contributed by atoms with E-state index in [0.717, 1.165) is 57.7 Å². The summed E-state index contributed by atoms with van der Waals surface area (Å²) in [7, 11) is 0. The Kier molecular flexibility index (Phi) is 7.08. The SMILES string of the molecule is Cl.O=C(CC1CCCCO1)Nc1ccc(N2CCNCC2)cn1. The van der Waals surface area contributed by atoms with E-state index in [1.807, 2.05) is 18.3 Å². The second-order valence-electron chi connectivity index (χ2n) is 5.88. The Labute approximate surface area is 143 Å². The molecule has 128 valence electrons. The lowest BCUT2D eigenvalue weighted by molar-refractivity contribution is -0.119. The second-order valence-corrected chi connectivity index (χ2v) is 5.88. The summed E-state index contributed by atoms with van der Waals surface area (Å²) < 4.78 is 5.59. The molecule has 2 fully saturated rings. The van der Waals surface area contributed by atoms with Crippen LogP contribution in [0.2, 0.25) is 0 Å². The number of ether oxygens (including phenoxy) is 1. The number of aromatic nitrogens is 1. The van der Waals surface area contributed by atoms with E-state index in [2.05, 4.69) is 20.5 Å². The van der Waals surface area contributed by atoms with Gasteiger partial charge in [0, 0.05) is 32.8 Å². The monoisotopic (exact) mass is 340 g/mol. The minimum absolute atomic E-state index is 0. The number of carbonyl (C=O) groups excluding carboxylic acids is 1. The van der Waals surface area contributed by atoms with Crippen molar-refractivity contribution in [3.63, 3.8) is 0 Å². The van der Waals surface area contributed by atoms with Gasteiger partial charge in [0.2, 0.25) is 5.91 Å². The molecule has 1 aromatic heterocycles. The zero-order valence-corrected chi connectivity index (χ0v) is 14.1. The van der Waals surface area contributed by atoms with Crippen molar-refractivity contribution in [3.05, 3.63) is 18.3 Å². The van der Waals surface area contributed by atoms with E-state index >= 15 is 0 Å². The first kappa shape index (κ1) is 18.0. The number of amides is 1.